The van der Waals surface area contributed by atoms with Gasteiger partial charge in [-0.3, -0.25) is 24.0 Å². The number of fused-ring (bicyclic) bond motifs is 7. The summed E-state index contributed by atoms with van der Waals surface area (Å²) in [6, 6.07) is 0. The van der Waals surface area contributed by atoms with Crippen molar-refractivity contribution in [1.29, 1.82) is 0 Å². The molecule has 308 valence electrons. The maximum Gasteiger partial charge on any atom is 0.311 e. The van der Waals surface area contributed by atoms with Crippen molar-refractivity contribution in [2.24, 2.45) is 50.2 Å². The molecule has 4 saturated carbocycles. The summed E-state index contributed by atoms with van der Waals surface area (Å²) < 4.78 is 34.5. The van der Waals surface area contributed by atoms with E-state index in [1.165, 1.54) is 33.5 Å². The molecule has 0 aromatic carbocycles. The van der Waals surface area contributed by atoms with E-state index in [-0.39, 0.29) is 57.8 Å². The Hall–Kier alpha value is -2.83. The number of aliphatic hydroxyl groups excluding tert-OH is 1. The minimum Gasteiger partial charge on any atom is -0.469 e. The summed E-state index contributed by atoms with van der Waals surface area (Å²) in [7, 11) is 1.47. The smallest absolute Gasteiger partial charge is 0.311 e. The van der Waals surface area contributed by atoms with Crippen LogP contribution in [0.3, 0.4) is 0 Å². The largest absolute Gasteiger partial charge is 0.469 e. The van der Waals surface area contributed by atoms with Crippen LogP contribution >= 0.6 is 0 Å². The van der Waals surface area contributed by atoms with Crippen molar-refractivity contribution in [2.45, 2.75) is 164 Å². The number of hydrogen-bond donors (Lipinski definition) is 1. The van der Waals surface area contributed by atoms with Crippen LogP contribution in [-0.4, -0.2) is 85.3 Å². The van der Waals surface area contributed by atoms with Gasteiger partial charge in [0, 0.05) is 26.7 Å². The van der Waals surface area contributed by atoms with Gasteiger partial charge >= 0.3 is 23.9 Å². The number of carbonyl (C=O) groups is 5. The van der Waals surface area contributed by atoms with Gasteiger partial charge in [-0.15, -0.1) is 0 Å². The van der Waals surface area contributed by atoms with Gasteiger partial charge in [0.05, 0.1) is 18.6 Å². The summed E-state index contributed by atoms with van der Waals surface area (Å²) in [6.07, 6.45) is 2.59. The van der Waals surface area contributed by atoms with Crippen LogP contribution in [0.2, 0.25) is 0 Å². The van der Waals surface area contributed by atoms with Crippen LogP contribution in [0.1, 0.15) is 127 Å². The Bertz CT molecular complexity index is 1620. The Morgan fingerprint density at radius 1 is 0.836 bits per heavy atom. The highest BCUT2D eigenvalue weighted by Crippen LogP contribution is 2.75. The van der Waals surface area contributed by atoms with Crippen molar-refractivity contribution in [2.75, 3.05) is 13.7 Å². The lowest BCUT2D eigenvalue weighted by atomic mass is 9.33. The van der Waals surface area contributed by atoms with Crippen LogP contribution in [0.4, 0.5) is 0 Å². The lowest BCUT2D eigenvalue weighted by Gasteiger charge is -2.70. The fourth-order valence-electron chi connectivity index (χ4n) is 13.0. The Kier molecular flexibility index (Phi) is 10.8. The highest BCUT2D eigenvalue weighted by atomic mass is 16.7. The van der Waals surface area contributed by atoms with Gasteiger partial charge in [0.1, 0.15) is 18.8 Å². The molecule has 1 saturated heterocycles. The Morgan fingerprint density at radius 2 is 1.47 bits per heavy atom. The van der Waals surface area contributed by atoms with E-state index in [4.69, 9.17) is 28.4 Å². The first kappa shape index (κ1) is 41.8. The van der Waals surface area contributed by atoms with Gasteiger partial charge in [-0.1, -0.05) is 47.1 Å². The Morgan fingerprint density at radius 3 is 2.09 bits per heavy atom. The topological polar surface area (TPSA) is 161 Å². The second-order valence-electron chi connectivity index (χ2n) is 19.7. The second kappa shape index (κ2) is 14.2. The molecular formula is C43H64O12. The van der Waals surface area contributed by atoms with E-state index in [0.717, 1.165) is 38.5 Å². The molecule has 0 unspecified atom stereocenters. The van der Waals surface area contributed by atoms with Crippen LogP contribution in [0.25, 0.3) is 0 Å². The molecule has 0 aromatic rings. The molecule has 55 heavy (non-hydrogen) atoms. The van der Waals surface area contributed by atoms with Crippen molar-refractivity contribution in [3.05, 3.63) is 11.6 Å². The first-order valence-electron chi connectivity index (χ1n) is 20.3. The molecule has 5 aliphatic carbocycles. The maximum absolute atomic E-state index is 14.9. The van der Waals surface area contributed by atoms with Crippen molar-refractivity contribution >= 4 is 29.7 Å². The first-order chi connectivity index (χ1) is 25.5. The van der Waals surface area contributed by atoms with Crippen LogP contribution in [-0.2, 0) is 52.4 Å². The lowest BCUT2D eigenvalue weighted by molar-refractivity contribution is -0.331. The minimum atomic E-state index is -1.52. The molecule has 1 heterocycles. The normalized spacial score (nSPS) is 46.0. The monoisotopic (exact) mass is 772 g/mol. The molecule has 12 nitrogen and oxygen atoms in total. The van der Waals surface area contributed by atoms with E-state index < -0.39 is 65.5 Å². The molecule has 0 amide bonds. The van der Waals surface area contributed by atoms with Crippen LogP contribution in [0.15, 0.2) is 11.6 Å². The van der Waals surface area contributed by atoms with Crippen molar-refractivity contribution < 1.29 is 57.5 Å². The summed E-state index contributed by atoms with van der Waals surface area (Å²) in [6.45, 7) is 19.1. The zero-order valence-corrected chi connectivity index (χ0v) is 34.8. The molecule has 5 fully saturated rings. The van der Waals surface area contributed by atoms with Crippen LogP contribution < -0.4 is 0 Å². The number of esters is 4. The van der Waals surface area contributed by atoms with E-state index in [9.17, 15) is 29.1 Å². The molecule has 1 N–H and O–H groups in total. The third-order valence-corrected chi connectivity index (χ3v) is 16.2. The lowest BCUT2D eigenvalue weighted by Crippen LogP contribution is -2.67. The zero-order valence-electron chi connectivity index (χ0n) is 34.8. The standard InChI is InChI=1S/C43H64O12/c1-23(44)51-22-29-33(52-24(2)45)32(48)34(53-25(3)46)36(54-29)55-31-13-14-41(8)30(38(31,4)5)12-15-43(10)35(41)28(47)20-26-27-21-40(7,37(49)50-11)17-16-39(27,6)18-19-42(26,43)9/h20,27,29-36,48H,12-19,21-22H2,1-11H3/t27-,29-,30+,31+,32+,33-,34-,35-,36+,39-,40+,41+,42-,43-/m1/s1. The Labute approximate surface area is 326 Å². The molecule has 0 radical (unpaired) electrons. The minimum absolute atomic E-state index is 0.0228. The van der Waals surface area contributed by atoms with Crippen molar-refractivity contribution in [3.8, 4) is 0 Å². The quantitative estimate of drug-likeness (QED) is 0.182. The molecule has 0 aromatic heterocycles. The fourth-order valence-corrected chi connectivity index (χ4v) is 13.0. The van der Waals surface area contributed by atoms with Gasteiger partial charge in [0.25, 0.3) is 0 Å². The van der Waals surface area contributed by atoms with E-state index in [2.05, 4.69) is 41.5 Å². The number of ketones is 1. The number of aliphatic hydroxyl groups is 1. The van der Waals surface area contributed by atoms with Gasteiger partial charge in [0.2, 0.25) is 0 Å². The van der Waals surface area contributed by atoms with Gasteiger partial charge in [-0.2, -0.15) is 0 Å². The molecule has 1 aliphatic heterocycles. The molecular weight excluding hydrogens is 708 g/mol. The number of rotatable bonds is 7. The molecule has 0 spiro atoms. The average molecular weight is 773 g/mol. The third-order valence-electron chi connectivity index (χ3n) is 16.2. The van der Waals surface area contributed by atoms with E-state index in [1.807, 2.05) is 13.0 Å². The average Bonchev–Trinajstić information content (AvgIpc) is 3.08. The van der Waals surface area contributed by atoms with Gasteiger partial charge < -0.3 is 33.5 Å². The third kappa shape index (κ3) is 6.67. The van der Waals surface area contributed by atoms with Crippen molar-refractivity contribution in [1.82, 2.24) is 0 Å². The van der Waals surface area contributed by atoms with Crippen LogP contribution in [0, 0.1) is 50.2 Å². The fraction of sp³-hybridized carbons (Fsp3) is 0.837. The molecule has 12 heteroatoms. The number of ether oxygens (including phenoxy) is 6. The van der Waals surface area contributed by atoms with Crippen LogP contribution in [0.5, 0.6) is 0 Å². The number of methoxy groups -OCH3 is 1. The summed E-state index contributed by atoms with van der Waals surface area (Å²) in [4.78, 5) is 64.0. The summed E-state index contributed by atoms with van der Waals surface area (Å²) in [5.74, 6) is -1.94. The van der Waals surface area contributed by atoms with Crippen molar-refractivity contribution in [3.63, 3.8) is 0 Å². The number of carbonyl (C=O) groups excluding carboxylic acids is 5. The van der Waals surface area contributed by atoms with Gasteiger partial charge in [-0.25, -0.2) is 0 Å². The van der Waals surface area contributed by atoms with E-state index >= 15 is 0 Å². The molecule has 0 bridgehead atoms. The maximum atomic E-state index is 14.9. The summed E-state index contributed by atoms with van der Waals surface area (Å²) >= 11 is 0. The van der Waals surface area contributed by atoms with Gasteiger partial charge in [0.15, 0.2) is 24.3 Å². The number of allylic oxidation sites excluding steroid dienone is 2. The van der Waals surface area contributed by atoms with Gasteiger partial charge in [-0.05, 0) is 110 Å². The van der Waals surface area contributed by atoms with E-state index in [0.29, 0.717) is 19.3 Å². The zero-order chi connectivity index (χ0) is 40.7. The predicted molar refractivity (Wildman–Crippen MR) is 199 cm³/mol. The molecule has 14 atom stereocenters. The first-order valence-corrected chi connectivity index (χ1v) is 20.3. The summed E-state index contributed by atoms with van der Waals surface area (Å²) in [5.41, 5.74) is -0.673. The number of hydrogen-bond acceptors (Lipinski definition) is 12. The molecule has 6 aliphatic rings. The Balaban J connectivity index is 1.30. The summed E-state index contributed by atoms with van der Waals surface area (Å²) in [5, 5.41) is 11.5. The highest BCUT2D eigenvalue weighted by molar-refractivity contribution is 5.95. The highest BCUT2D eigenvalue weighted by Gasteiger charge is 2.70. The SMILES string of the molecule is COC(=O)[C@@]1(C)CC[C@]2(C)CC[C@]3(C)C(=CC(=O)[C@@H]4[C@@]5(C)CC[C@H](O[C@@H]6O[C@H](COC(C)=O)[C@@H](OC(C)=O)[C@H](O)[C@H]6OC(C)=O)C(C)(C)[C@@H]5CC[C@]43C)[C@H]2C1. The predicted octanol–water partition coefficient (Wildman–Crippen LogP) is 6.04. The second-order valence-corrected chi connectivity index (χ2v) is 19.7. The molecule has 6 rings (SSSR count). The van der Waals surface area contributed by atoms with E-state index in [1.54, 1.807) is 0 Å².